The molecule has 13 heavy (non-hydrogen) atoms. The summed E-state index contributed by atoms with van der Waals surface area (Å²) in [6.45, 7) is 6.79. The molecule has 0 radical (unpaired) electrons. The van der Waals surface area contributed by atoms with Crippen LogP contribution in [-0.2, 0) is 4.74 Å². The van der Waals surface area contributed by atoms with Crippen molar-refractivity contribution in [3.8, 4) is 11.8 Å². The molecule has 1 fully saturated rings. The summed E-state index contributed by atoms with van der Waals surface area (Å²) in [4.78, 5) is 0. The molecule has 0 amide bonds. The Morgan fingerprint density at radius 1 is 1.46 bits per heavy atom. The predicted molar refractivity (Wildman–Crippen MR) is 54.5 cm³/mol. The summed E-state index contributed by atoms with van der Waals surface area (Å²) in [5, 5.41) is 3.42. The fourth-order valence-corrected chi connectivity index (χ4v) is 1.68. The summed E-state index contributed by atoms with van der Waals surface area (Å²) >= 11 is 0. The lowest BCUT2D eigenvalue weighted by Crippen LogP contribution is -2.36. The molecule has 0 aliphatic carbocycles. The number of rotatable bonds is 3. The van der Waals surface area contributed by atoms with Crippen LogP contribution >= 0.6 is 0 Å². The van der Waals surface area contributed by atoms with Crippen LogP contribution in [0.2, 0.25) is 0 Å². The second-order valence-electron chi connectivity index (χ2n) is 3.55. The molecule has 1 saturated heterocycles. The van der Waals surface area contributed by atoms with Crippen molar-refractivity contribution in [1.29, 1.82) is 0 Å². The van der Waals surface area contributed by atoms with E-state index < -0.39 is 0 Å². The third-order valence-electron chi connectivity index (χ3n) is 2.66. The van der Waals surface area contributed by atoms with Gasteiger partial charge >= 0.3 is 0 Å². The molecule has 1 unspecified atom stereocenters. The van der Waals surface area contributed by atoms with Gasteiger partial charge in [-0.3, -0.25) is 0 Å². The normalized spacial score (nSPS) is 20.5. The van der Waals surface area contributed by atoms with Gasteiger partial charge in [0.2, 0.25) is 0 Å². The molecule has 1 heterocycles. The molecule has 74 valence electrons. The van der Waals surface area contributed by atoms with Crippen molar-refractivity contribution in [3.63, 3.8) is 0 Å². The maximum atomic E-state index is 5.32. The van der Waals surface area contributed by atoms with E-state index in [1.165, 1.54) is 12.8 Å². The smallest absolute Gasteiger partial charge is 0.0578 e. The Morgan fingerprint density at radius 2 is 2.15 bits per heavy atom. The minimum Gasteiger partial charge on any atom is -0.381 e. The fraction of sp³-hybridized carbons (Fsp3) is 0.818. The highest BCUT2D eigenvalue weighted by Crippen LogP contribution is 2.18. The Hall–Kier alpha value is -0.520. The highest BCUT2D eigenvalue weighted by atomic mass is 16.5. The van der Waals surface area contributed by atoms with Gasteiger partial charge < -0.3 is 10.1 Å². The molecule has 2 nitrogen and oxygen atoms in total. The predicted octanol–water partition coefficient (Wildman–Crippen LogP) is 1.41. The Labute approximate surface area is 81.0 Å². The third kappa shape index (κ3) is 3.80. The van der Waals surface area contributed by atoms with Crippen LogP contribution in [0.3, 0.4) is 0 Å². The summed E-state index contributed by atoms with van der Waals surface area (Å²) in [5.74, 6) is 6.69. The number of hydrogen-bond donors (Lipinski definition) is 1. The van der Waals surface area contributed by atoms with Gasteiger partial charge in [0.15, 0.2) is 0 Å². The Balaban J connectivity index is 2.19. The standard InChI is InChI=1S/C11H19NO/c1-3-4-7-12-10(2)11-5-8-13-9-6-11/h10-12H,5-9H2,1-2H3. The van der Waals surface area contributed by atoms with Gasteiger partial charge in [0.05, 0.1) is 6.54 Å². The molecule has 1 aliphatic heterocycles. The maximum Gasteiger partial charge on any atom is 0.0578 e. The maximum absolute atomic E-state index is 5.32. The molecule has 1 rings (SSSR count). The lowest BCUT2D eigenvalue weighted by atomic mass is 9.93. The summed E-state index contributed by atoms with van der Waals surface area (Å²) < 4.78 is 5.32. The quantitative estimate of drug-likeness (QED) is 0.665. The summed E-state index contributed by atoms with van der Waals surface area (Å²) in [7, 11) is 0. The van der Waals surface area contributed by atoms with Crippen LogP contribution in [0.5, 0.6) is 0 Å². The van der Waals surface area contributed by atoms with E-state index in [1.807, 2.05) is 6.92 Å². The lowest BCUT2D eigenvalue weighted by molar-refractivity contribution is 0.0565. The summed E-state index contributed by atoms with van der Waals surface area (Å²) in [6.07, 6.45) is 2.38. The van der Waals surface area contributed by atoms with Crippen LogP contribution in [0.15, 0.2) is 0 Å². The van der Waals surface area contributed by atoms with Crippen molar-refractivity contribution in [2.45, 2.75) is 32.7 Å². The van der Waals surface area contributed by atoms with Crippen LogP contribution in [0, 0.1) is 17.8 Å². The molecule has 0 aromatic rings. The van der Waals surface area contributed by atoms with E-state index in [0.29, 0.717) is 6.04 Å². The monoisotopic (exact) mass is 181 g/mol. The van der Waals surface area contributed by atoms with Crippen molar-refractivity contribution in [1.82, 2.24) is 5.32 Å². The zero-order valence-corrected chi connectivity index (χ0v) is 8.60. The van der Waals surface area contributed by atoms with Gasteiger partial charge in [-0.2, -0.15) is 0 Å². The van der Waals surface area contributed by atoms with Gasteiger partial charge in [-0.1, -0.05) is 5.92 Å². The summed E-state index contributed by atoms with van der Waals surface area (Å²) in [5.41, 5.74) is 0. The van der Waals surface area contributed by atoms with E-state index in [1.54, 1.807) is 0 Å². The number of ether oxygens (including phenoxy) is 1. The number of hydrogen-bond acceptors (Lipinski definition) is 2. The zero-order valence-electron chi connectivity index (χ0n) is 8.60. The SMILES string of the molecule is CC#CCNC(C)C1CCOCC1. The first kappa shape index (κ1) is 10.6. The van der Waals surface area contributed by atoms with Gasteiger partial charge in [-0.25, -0.2) is 0 Å². The average molecular weight is 181 g/mol. The molecular formula is C11H19NO. The molecule has 0 aromatic carbocycles. The van der Waals surface area contributed by atoms with Gasteiger partial charge in [0.25, 0.3) is 0 Å². The van der Waals surface area contributed by atoms with Crippen LogP contribution in [0.25, 0.3) is 0 Å². The zero-order chi connectivity index (χ0) is 9.52. The molecule has 0 aromatic heterocycles. The molecule has 1 N–H and O–H groups in total. The van der Waals surface area contributed by atoms with Crippen molar-refractivity contribution >= 4 is 0 Å². The van der Waals surface area contributed by atoms with E-state index in [2.05, 4.69) is 24.1 Å². The highest BCUT2D eigenvalue weighted by Gasteiger charge is 2.19. The van der Waals surface area contributed by atoms with Gasteiger partial charge in [0, 0.05) is 19.3 Å². The van der Waals surface area contributed by atoms with Crippen molar-refractivity contribution in [2.24, 2.45) is 5.92 Å². The fourth-order valence-electron chi connectivity index (χ4n) is 1.68. The minimum atomic E-state index is 0.574. The van der Waals surface area contributed by atoms with Crippen LogP contribution < -0.4 is 5.32 Å². The minimum absolute atomic E-state index is 0.574. The molecule has 0 saturated carbocycles. The Morgan fingerprint density at radius 3 is 2.77 bits per heavy atom. The summed E-state index contributed by atoms with van der Waals surface area (Å²) in [6, 6.07) is 0.574. The molecule has 1 atom stereocenters. The van der Waals surface area contributed by atoms with Crippen LogP contribution in [-0.4, -0.2) is 25.8 Å². The topological polar surface area (TPSA) is 21.3 Å². The molecule has 0 spiro atoms. The Kier molecular flexibility index (Phi) is 4.88. The molecule has 1 aliphatic rings. The number of nitrogens with one attached hydrogen (secondary N) is 1. The molecular weight excluding hydrogens is 162 g/mol. The van der Waals surface area contributed by atoms with Crippen LogP contribution in [0.4, 0.5) is 0 Å². The Bertz CT molecular complexity index is 186. The van der Waals surface area contributed by atoms with E-state index in [9.17, 15) is 0 Å². The average Bonchev–Trinajstić information content (AvgIpc) is 2.19. The van der Waals surface area contributed by atoms with Gasteiger partial charge in [-0.15, -0.1) is 5.92 Å². The van der Waals surface area contributed by atoms with Gasteiger partial charge in [0.1, 0.15) is 0 Å². The highest BCUT2D eigenvalue weighted by molar-refractivity contribution is 4.97. The van der Waals surface area contributed by atoms with Crippen molar-refractivity contribution in [2.75, 3.05) is 19.8 Å². The first-order valence-corrected chi connectivity index (χ1v) is 5.05. The molecule has 0 bridgehead atoms. The van der Waals surface area contributed by atoms with Gasteiger partial charge in [-0.05, 0) is 32.6 Å². The van der Waals surface area contributed by atoms with E-state index >= 15 is 0 Å². The first-order chi connectivity index (χ1) is 6.34. The second kappa shape index (κ2) is 6.01. The van der Waals surface area contributed by atoms with Crippen molar-refractivity contribution in [3.05, 3.63) is 0 Å². The van der Waals surface area contributed by atoms with E-state index in [0.717, 1.165) is 25.7 Å². The van der Waals surface area contributed by atoms with Crippen LogP contribution in [0.1, 0.15) is 26.7 Å². The third-order valence-corrected chi connectivity index (χ3v) is 2.66. The van der Waals surface area contributed by atoms with E-state index in [4.69, 9.17) is 4.74 Å². The first-order valence-electron chi connectivity index (χ1n) is 5.05. The van der Waals surface area contributed by atoms with E-state index in [-0.39, 0.29) is 0 Å². The largest absolute Gasteiger partial charge is 0.381 e. The molecule has 2 heteroatoms. The van der Waals surface area contributed by atoms with Crippen molar-refractivity contribution < 1.29 is 4.74 Å². The second-order valence-corrected chi connectivity index (χ2v) is 3.55. The lowest BCUT2D eigenvalue weighted by Gasteiger charge is -2.27.